The van der Waals surface area contributed by atoms with E-state index in [1.54, 1.807) is 23.7 Å². The molecule has 0 saturated heterocycles. The normalized spacial score (nSPS) is 11.7. The minimum atomic E-state index is -3.58. The van der Waals surface area contributed by atoms with E-state index in [-0.39, 0.29) is 0 Å². The fourth-order valence-corrected chi connectivity index (χ4v) is 5.39. The summed E-state index contributed by atoms with van der Waals surface area (Å²) in [4.78, 5) is 9.75. The van der Waals surface area contributed by atoms with Crippen molar-refractivity contribution in [2.45, 2.75) is 11.1 Å². The quantitative estimate of drug-likeness (QED) is 0.558. The molecule has 0 amide bonds. The van der Waals surface area contributed by atoms with E-state index in [1.807, 2.05) is 37.3 Å². The number of hydrogen-bond donors (Lipinski definition) is 1. The topological polar surface area (TPSA) is 72.0 Å². The van der Waals surface area contributed by atoms with Crippen LogP contribution < -0.4 is 4.72 Å². The molecule has 5 nitrogen and oxygen atoms in total. The second-order valence-corrected chi connectivity index (χ2v) is 9.25. The van der Waals surface area contributed by atoms with Gasteiger partial charge in [0, 0.05) is 11.8 Å². The van der Waals surface area contributed by atoms with Crippen LogP contribution in [0.1, 0.15) is 5.56 Å². The van der Waals surface area contributed by atoms with Crippen molar-refractivity contribution in [3.05, 3.63) is 59.6 Å². The van der Waals surface area contributed by atoms with Crippen LogP contribution >= 0.6 is 22.7 Å². The SMILES string of the molecule is Cc1ccc(-c2nc3cccnc3s2)cc1NS(=O)(=O)c1cccs1. The molecule has 4 rings (SSSR count). The molecule has 0 spiro atoms. The van der Waals surface area contributed by atoms with E-state index in [2.05, 4.69) is 14.7 Å². The number of aromatic nitrogens is 2. The lowest BCUT2D eigenvalue weighted by Gasteiger charge is -2.10. The van der Waals surface area contributed by atoms with Crippen molar-refractivity contribution in [1.82, 2.24) is 9.97 Å². The van der Waals surface area contributed by atoms with Gasteiger partial charge in [-0.2, -0.15) is 0 Å². The standard InChI is InChI=1S/C17H13N3O2S3/c1-11-6-7-12(16-19-13-4-2-8-18-17(13)24-16)10-14(11)20-25(21,22)15-5-3-9-23-15/h2-10,20H,1H3. The Hall–Kier alpha value is -2.29. The molecule has 0 saturated carbocycles. The molecule has 0 radical (unpaired) electrons. The van der Waals surface area contributed by atoms with Gasteiger partial charge in [-0.25, -0.2) is 18.4 Å². The van der Waals surface area contributed by atoms with E-state index in [0.29, 0.717) is 9.90 Å². The minimum Gasteiger partial charge on any atom is -0.279 e. The van der Waals surface area contributed by atoms with Gasteiger partial charge >= 0.3 is 0 Å². The number of pyridine rings is 1. The third kappa shape index (κ3) is 3.15. The van der Waals surface area contributed by atoms with Gasteiger partial charge in [-0.05, 0) is 42.1 Å². The summed E-state index contributed by atoms with van der Waals surface area (Å²) in [5.74, 6) is 0. The molecule has 1 N–H and O–H groups in total. The first-order valence-corrected chi connectivity index (χ1v) is 10.6. The average molecular weight is 388 g/mol. The molecule has 8 heteroatoms. The molecule has 0 aliphatic rings. The third-order valence-corrected chi connectivity index (χ3v) is 7.45. The average Bonchev–Trinajstić information content (AvgIpc) is 3.26. The van der Waals surface area contributed by atoms with Gasteiger partial charge in [0.2, 0.25) is 0 Å². The van der Waals surface area contributed by atoms with Crippen molar-refractivity contribution in [1.29, 1.82) is 0 Å². The minimum absolute atomic E-state index is 0.293. The van der Waals surface area contributed by atoms with Crippen molar-refractivity contribution in [2.75, 3.05) is 4.72 Å². The highest BCUT2D eigenvalue weighted by atomic mass is 32.2. The Balaban J connectivity index is 1.74. The summed E-state index contributed by atoms with van der Waals surface area (Å²) in [6.07, 6.45) is 1.74. The predicted molar refractivity (Wildman–Crippen MR) is 103 cm³/mol. The van der Waals surface area contributed by atoms with Crippen LogP contribution in [0.2, 0.25) is 0 Å². The number of sulfonamides is 1. The third-order valence-electron chi connectivity index (χ3n) is 3.66. The summed E-state index contributed by atoms with van der Waals surface area (Å²) >= 11 is 2.67. The zero-order valence-electron chi connectivity index (χ0n) is 13.1. The number of thiophene rings is 1. The molecule has 4 aromatic rings. The van der Waals surface area contributed by atoms with Crippen molar-refractivity contribution in [3.63, 3.8) is 0 Å². The Labute approximate surface area is 153 Å². The van der Waals surface area contributed by atoms with E-state index in [4.69, 9.17) is 0 Å². The van der Waals surface area contributed by atoms with Crippen molar-refractivity contribution in [3.8, 4) is 10.6 Å². The number of anilines is 1. The van der Waals surface area contributed by atoms with Gasteiger partial charge in [0.05, 0.1) is 5.69 Å². The first-order chi connectivity index (χ1) is 12.0. The largest absolute Gasteiger partial charge is 0.279 e. The lowest BCUT2D eigenvalue weighted by molar-refractivity contribution is 0.603. The maximum Gasteiger partial charge on any atom is 0.271 e. The highest BCUT2D eigenvalue weighted by Crippen LogP contribution is 2.32. The van der Waals surface area contributed by atoms with E-state index >= 15 is 0 Å². The Morgan fingerprint density at radius 3 is 2.76 bits per heavy atom. The molecule has 0 fully saturated rings. The van der Waals surface area contributed by atoms with Gasteiger partial charge in [-0.1, -0.05) is 29.5 Å². The second-order valence-electron chi connectivity index (χ2n) is 5.41. The van der Waals surface area contributed by atoms with Crippen LogP contribution in [0.15, 0.2) is 58.3 Å². The van der Waals surface area contributed by atoms with Gasteiger partial charge in [0.1, 0.15) is 19.6 Å². The monoisotopic (exact) mass is 387 g/mol. The van der Waals surface area contributed by atoms with Gasteiger partial charge in [0.25, 0.3) is 10.0 Å². The van der Waals surface area contributed by atoms with Gasteiger partial charge in [-0.3, -0.25) is 4.72 Å². The molecular weight excluding hydrogens is 374 g/mol. The Morgan fingerprint density at radius 2 is 2.00 bits per heavy atom. The Morgan fingerprint density at radius 1 is 1.12 bits per heavy atom. The lowest BCUT2D eigenvalue weighted by atomic mass is 10.1. The van der Waals surface area contributed by atoms with Gasteiger partial charge in [-0.15, -0.1) is 11.3 Å². The summed E-state index contributed by atoms with van der Waals surface area (Å²) in [5, 5.41) is 2.55. The van der Waals surface area contributed by atoms with Crippen molar-refractivity contribution in [2.24, 2.45) is 0 Å². The molecular formula is C17H13N3O2S3. The number of thiazole rings is 1. The number of hydrogen-bond acceptors (Lipinski definition) is 6. The van der Waals surface area contributed by atoms with Crippen LogP contribution in [0.5, 0.6) is 0 Å². The molecule has 126 valence electrons. The molecule has 0 aliphatic heterocycles. The van der Waals surface area contributed by atoms with Crippen LogP contribution in [-0.4, -0.2) is 18.4 Å². The van der Waals surface area contributed by atoms with Crippen molar-refractivity contribution >= 4 is 48.7 Å². The Bertz CT molecular complexity index is 1120. The molecule has 25 heavy (non-hydrogen) atoms. The zero-order chi connectivity index (χ0) is 17.4. The number of nitrogens with zero attached hydrogens (tertiary/aromatic N) is 2. The van der Waals surface area contributed by atoms with Gasteiger partial charge < -0.3 is 0 Å². The molecule has 3 heterocycles. The number of fused-ring (bicyclic) bond motifs is 1. The van der Waals surface area contributed by atoms with Crippen molar-refractivity contribution < 1.29 is 8.42 Å². The maximum absolute atomic E-state index is 12.5. The number of aryl methyl sites for hydroxylation is 1. The van der Waals surface area contributed by atoms with Gasteiger partial charge in [0.15, 0.2) is 0 Å². The first-order valence-electron chi connectivity index (χ1n) is 7.42. The number of benzene rings is 1. The zero-order valence-corrected chi connectivity index (χ0v) is 15.6. The van der Waals surface area contributed by atoms with Crippen LogP contribution in [-0.2, 0) is 10.0 Å². The van der Waals surface area contributed by atoms with Crippen LogP contribution in [0.3, 0.4) is 0 Å². The molecule has 0 aliphatic carbocycles. The maximum atomic E-state index is 12.5. The lowest BCUT2D eigenvalue weighted by Crippen LogP contribution is -2.12. The van der Waals surface area contributed by atoms with Crippen LogP contribution in [0, 0.1) is 6.92 Å². The molecule has 0 atom stereocenters. The first kappa shape index (κ1) is 16.2. The van der Waals surface area contributed by atoms with E-state index in [1.165, 1.54) is 22.7 Å². The summed E-state index contributed by atoms with van der Waals surface area (Å²) in [6, 6.07) is 12.7. The highest BCUT2D eigenvalue weighted by Gasteiger charge is 2.17. The number of nitrogens with one attached hydrogen (secondary N) is 1. The van der Waals surface area contributed by atoms with E-state index in [9.17, 15) is 8.42 Å². The van der Waals surface area contributed by atoms with Crippen LogP contribution in [0.4, 0.5) is 5.69 Å². The molecule has 0 bridgehead atoms. The van der Waals surface area contributed by atoms with E-state index in [0.717, 1.165) is 26.5 Å². The highest BCUT2D eigenvalue weighted by molar-refractivity contribution is 7.94. The Kier molecular flexibility index (Phi) is 4.03. The summed E-state index contributed by atoms with van der Waals surface area (Å²) in [7, 11) is -3.58. The predicted octanol–water partition coefficient (Wildman–Crippen LogP) is 4.53. The number of rotatable bonds is 4. The summed E-state index contributed by atoms with van der Waals surface area (Å²) < 4.78 is 27.9. The summed E-state index contributed by atoms with van der Waals surface area (Å²) in [5.41, 5.74) is 3.10. The van der Waals surface area contributed by atoms with Crippen LogP contribution in [0.25, 0.3) is 20.9 Å². The second kappa shape index (κ2) is 6.21. The summed E-state index contributed by atoms with van der Waals surface area (Å²) in [6.45, 7) is 1.87. The fourth-order valence-electron chi connectivity index (χ4n) is 2.37. The molecule has 1 aromatic carbocycles. The molecule has 3 aromatic heterocycles. The van der Waals surface area contributed by atoms with E-state index < -0.39 is 10.0 Å². The fraction of sp³-hybridized carbons (Fsp3) is 0.0588. The smallest absolute Gasteiger partial charge is 0.271 e. The molecule has 0 unspecified atom stereocenters.